The van der Waals surface area contributed by atoms with Gasteiger partial charge in [-0.15, -0.1) is 13.2 Å². The first-order valence-corrected chi connectivity index (χ1v) is 12.6. The summed E-state index contributed by atoms with van der Waals surface area (Å²) in [6, 6.07) is 0. The van der Waals surface area contributed by atoms with E-state index in [0.29, 0.717) is 6.42 Å². The number of hydrogen-bond donors (Lipinski definition) is 0. The van der Waals surface area contributed by atoms with Crippen LogP contribution in [0.5, 0.6) is 0 Å². The van der Waals surface area contributed by atoms with Crippen LogP contribution in [-0.2, 0) is 23.4 Å². The summed E-state index contributed by atoms with van der Waals surface area (Å²) in [5, 5.41) is 0.0672. The van der Waals surface area contributed by atoms with Crippen molar-refractivity contribution in [1.29, 1.82) is 0 Å². The highest BCUT2D eigenvalue weighted by Gasteiger charge is 2.41. The van der Waals surface area contributed by atoms with Gasteiger partial charge in [0.05, 0.1) is 18.6 Å². The molecule has 156 valence electrons. The van der Waals surface area contributed by atoms with Crippen LogP contribution in [0.3, 0.4) is 0 Å². The molecule has 0 radical (unpaired) electrons. The lowest BCUT2D eigenvalue weighted by Gasteiger charge is -2.38. The molecule has 0 N–H and O–H groups in total. The summed E-state index contributed by atoms with van der Waals surface area (Å²) < 4.78 is 23.5. The molecule has 0 saturated carbocycles. The van der Waals surface area contributed by atoms with E-state index in [1.807, 2.05) is 20.8 Å². The average Bonchev–Trinajstić information content (AvgIpc) is 2.78. The summed E-state index contributed by atoms with van der Waals surface area (Å²) in [5.74, 6) is -0.947. The number of rotatable bonds is 9. The maximum Gasteiger partial charge on any atom is 0.308 e. The van der Waals surface area contributed by atoms with Gasteiger partial charge in [-0.1, -0.05) is 32.9 Å². The van der Waals surface area contributed by atoms with Crippen LogP contribution >= 0.6 is 0 Å². The Morgan fingerprint density at radius 3 is 2.33 bits per heavy atom. The van der Waals surface area contributed by atoms with Gasteiger partial charge in [0.25, 0.3) is 0 Å². The van der Waals surface area contributed by atoms with Crippen LogP contribution in [0.25, 0.3) is 0 Å². The van der Waals surface area contributed by atoms with Crippen molar-refractivity contribution in [3.8, 4) is 0 Å². The third-order valence-corrected chi connectivity index (χ3v) is 9.74. The van der Waals surface area contributed by atoms with E-state index in [2.05, 4.69) is 47.0 Å². The van der Waals surface area contributed by atoms with E-state index in [4.69, 9.17) is 18.6 Å². The summed E-state index contributed by atoms with van der Waals surface area (Å²) in [4.78, 5) is 12.4. The largest absolute Gasteiger partial charge is 0.462 e. The van der Waals surface area contributed by atoms with Gasteiger partial charge in [0.1, 0.15) is 12.2 Å². The molecule has 0 bridgehead atoms. The van der Waals surface area contributed by atoms with E-state index < -0.39 is 14.1 Å². The Morgan fingerprint density at radius 2 is 1.85 bits per heavy atom. The fourth-order valence-electron chi connectivity index (χ4n) is 2.79. The molecule has 0 aromatic rings. The second-order valence-corrected chi connectivity index (χ2v) is 14.0. The lowest BCUT2D eigenvalue weighted by molar-refractivity contribution is -0.155. The lowest BCUT2D eigenvalue weighted by Crippen LogP contribution is -2.44. The third kappa shape index (κ3) is 7.18. The van der Waals surface area contributed by atoms with E-state index in [-0.39, 0.29) is 41.8 Å². The molecule has 0 amide bonds. The first-order valence-electron chi connectivity index (χ1n) is 9.69. The van der Waals surface area contributed by atoms with Gasteiger partial charge in [-0.25, -0.2) is 0 Å². The second-order valence-electron chi connectivity index (χ2n) is 9.27. The van der Waals surface area contributed by atoms with E-state index in [9.17, 15) is 4.79 Å². The number of carbonyl (C=O) groups excluding carboxylic acids is 1. The van der Waals surface area contributed by atoms with E-state index in [0.717, 1.165) is 0 Å². The fraction of sp³-hybridized carbons (Fsp3) is 0.762. The third-order valence-electron chi connectivity index (χ3n) is 5.23. The topological polar surface area (TPSA) is 54.0 Å². The fourth-order valence-corrected chi connectivity index (χ4v) is 4.08. The van der Waals surface area contributed by atoms with Crippen molar-refractivity contribution in [3.63, 3.8) is 0 Å². The van der Waals surface area contributed by atoms with Crippen molar-refractivity contribution in [1.82, 2.24) is 0 Å². The van der Waals surface area contributed by atoms with Crippen LogP contribution in [0.15, 0.2) is 25.3 Å². The molecular weight excluding hydrogens is 360 g/mol. The lowest BCUT2D eigenvalue weighted by atomic mass is 10.1. The minimum absolute atomic E-state index is 0.0672. The van der Waals surface area contributed by atoms with Gasteiger partial charge in [0.15, 0.2) is 14.1 Å². The number of carbonyl (C=O) groups is 1. The van der Waals surface area contributed by atoms with Crippen LogP contribution in [0.2, 0.25) is 18.1 Å². The molecule has 0 aromatic carbocycles. The minimum atomic E-state index is -1.98. The normalized spacial score (nSPS) is 24.9. The van der Waals surface area contributed by atoms with E-state index in [1.165, 1.54) is 0 Å². The molecule has 0 spiro atoms. The Labute approximate surface area is 166 Å². The highest BCUT2D eigenvalue weighted by Crippen LogP contribution is 2.38. The molecule has 6 heteroatoms. The Kier molecular flexibility index (Phi) is 8.06. The number of ether oxygens (including phenoxy) is 3. The predicted octanol–water partition coefficient (Wildman–Crippen LogP) is 4.98. The van der Waals surface area contributed by atoms with Crippen molar-refractivity contribution < 1.29 is 23.4 Å². The van der Waals surface area contributed by atoms with Gasteiger partial charge in [0.2, 0.25) is 0 Å². The van der Waals surface area contributed by atoms with Crippen LogP contribution < -0.4 is 0 Å². The molecule has 0 aromatic heterocycles. The first-order chi connectivity index (χ1) is 12.2. The molecule has 0 aliphatic carbocycles. The van der Waals surface area contributed by atoms with Crippen LogP contribution in [0.1, 0.15) is 54.4 Å². The van der Waals surface area contributed by atoms with Crippen LogP contribution in [0.4, 0.5) is 0 Å². The molecule has 4 atom stereocenters. The van der Waals surface area contributed by atoms with E-state index >= 15 is 0 Å². The van der Waals surface area contributed by atoms with Crippen LogP contribution in [-0.4, -0.2) is 44.5 Å². The van der Waals surface area contributed by atoms with Crippen molar-refractivity contribution in [3.05, 3.63) is 25.3 Å². The van der Waals surface area contributed by atoms with Crippen molar-refractivity contribution >= 4 is 14.3 Å². The zero-order valence-electron chi connectivity index (χ0n) is 18.3. The van der Waals surface area contributed by atoms with E-state index in [1.54, 1.807) is 12.2 Å². The van der Waals surface area contributed by atoms with Gasteiger partial charge in [-0.3, -0.25) is 4.79 Å². The molecule has 1 rings (SSSR count). The van der Waals surface area contributed by atoms with Gasteiger partial charge in [0, 0.05) is 6.42 Å². The summed E-state index contributed by atoms with van der Waals surface area (Å²) in [5.41, 5.74) is 0. The Hall–Kier alpha value is -0.953. The smallest absolute Gasteiger partial charge is 0.308 e. The first kappa shape index (κ1) is 24.1. The monoisotopic (exact) mass is 398 g/mol. The number of hydrogen-bond acceptors (Lipinski definition) is 5. The second kappa shape index (κ2) is 9.03. The minimum Gasteiger partial charge on any atom is -0.462 e. The number of esters is 1. The zero-order chi connectivity index (χ0) is 21.0. The van der Waals surface area contributed by atoms with Crippen LogP contribution in [0, 0.1) is 0 Å². The molecule has 1 aliphatic heterocycles. The Bertz CT molecular complexity index is 535. The van der Waals surface area contributed by atoms with Crippen molar-refractivity contribution in [2.24, 2.45) is 0 Å². The molecule has 1 heterocycles. The summed E-state index contributed by atoms with van der Waals surface area (Å²) >= 11 is 0. The molecule has 1 aliphatic rings. The highest BCUT2D eigenvalue weighted by molar-refractivity contribution is 6.74. The Balaban J connectivity index is 2.57. The van der Waals surface area contributed by atoms with Gasteiger partial charge in [-0.2, -0.15) is 0 Å². The summed E-state index contributed by atoms with van der Waals surface area (Å²) in [7, 11) is -1.98. The summed E-state index contributed by atoms with van der Waals surface area (Å²) in [6.07, 6.45) is 3.12. The molecule has 1 fully saturated rings. The summed E-state index contributed by atoms with van der Waals surface area (Å²) in [6.45, 7) is 24.0. The average molecular weight is 399 g/mol. The molecule has 1 saturated heterocycles. The predicted molar refractivity (Wildman–Crippen MR) is 111 cm³/mol. The maximum atomic E-state index is 12.4. The van der Waals surface area contributed by atoms with Gasteiger partial charge >= 0.3 is 5.97 Å². The molecule has 27 heavy (non-hydrogen) atoms. The SMILES string of the molecule is C=C[C@H](CC(=O)O[C@H](C)C[C@@H]1OC(C)(C)O[C@H]1C=C)O[Si](C)(C)C(C)(C)C. The highest BCUT2D eigenvalue weighted by atomic mass is 28.4. The quantitative estimate of drug-likeness (QED) is 0.311. The zero-order valence-corrected chi connectivity index (χ0v) is 19.3. The molecule has 5 nitrogen and oxygen atoms in total. The van der Waals surface area contributed by atoms with Crippen molar-refractivity contribution in [2.45, 2.75) is 103 Å². The Morgan fingerprint density at radius 1 is 1.26 bits per heavy atom. The standard InChI is InChI=1S/C21H38O5Si/c1-11-16(26-27(9,10)20(4,5)6)14-19(22)23-15(3)13-18-17(12-2)24-21(7,8)25-18/h11-12,15-18H,1-2,13-14H2,3-10H3/t15-,16-,17+,18+/m1/s1. The molecule has 0 unspecified atom stereocenters. The molecular formula is C21H38O5Si. The maximum absolute atomic E-state index is 12.4. The van der Waals surface area contributed by atoms with Crippen molar-refractivity contribution in [2.75, 3.05) is 0 Å². The van der Waals surface area contributed by atoms with Gasteiger partial charge in [-0.05, 0) is 38.9 Å². The van der Waals surface area contributed by atoms with Gasteiger partial charge < -0.3 is 18.6 Å².